The highest BCUT2D eigenvalue weighted by atomic mass is 35.5. The Balaban J connectivity index is 1.78. The molecule has 4 unspecified atom stereocenters. The largest absolute Gasteiger partial charge is 0.362 e. The lowest BCUT2D eigenvalue weighted by atomic mass is 9.78. The third kappa shape index (κ3) is 1.54. The van der Waals surface area contributed by atoms with Crippen molar-refractivity contribution < 1.29 is 14.3 Å². The van der Waals surface area contributed by atoms with E-state index in [9.17, 15) is 9.59 Å². The van der Waals surface area contributed by atoms with Gasteiger partial charge in [0.2, 0.25) is 11.8 Å². The molecule has 2 bridgehead atoms. The van der Waals surface area contributed by atoms with E-state index < -0.39 is 17.4 Å². The molecule has 4 nitrogen and oxygen atoms in total. The number of ether oxygens (including phenoxy) is 1. The number of anilines is 1. The van der Waals surface area contributed by atoms with E-state index in [4.69, 9.17) is 16.3 Å². The lowest BCUT2D eigenvalue weighted by Crippen LogP contribution is -2.38. The Hall–Kier alpha value is -1.65. The quantitative estimate of drug-likeness (QED) is 0.591. The van der Waals surface area contributed by atoms with Crippen LogP contribution in [0.3, 0.4) is 0 Å². The van der Waals surface area contributed by atoms with Gasteiger partial charge in [0.15, 0.2) is 0 Å². The molecule has 4 atom stereocenters. The summed E-state index contributed by atoms with van der Waals surface area (Å²) in [6.45, 7) is 3.75. The maximum absolute atomic E-state index is 12.7. The second-order valence-electron chi connectivity index (χ2n) is 6.07. The van der Waals surface area contributed by atoms with Crippen LogP contribution in [0.1, 0.15) is 12.5 Å². The zero-order valence-electron chi connectivity index (χ0n) is 11.7. The number of rotatable bonds is 1. The van der Waals surface area contributed by atoms with Gasteiger partial charge in [-0.15, -0.1) is 0 Å². The number of fused-ring (bicyclic) bond motifs is 5. The maximum Gasteiger partial charge on any atom is 0.241 e. The first-order valence-corrected chi connectivity index (χ1v) is 7.31. The fraction of sp³-hybridized carbons (Fsp3) is 0.375. The number of amides is 2. The number of aryl methyl sites for hydroxylation is 1. The summed E-state index contributed by atoms with van der Waals surface area (Å²) < 4.78 is 5.79. The molecule has 4 rings (SSSR count). The first-order chi connectivity index (χ1) is 9.92. The Morgan fingerprint density at radius 2 is 2.05 bits per heavy atom. The van der Waals surface area contributed by atoms with Crippen molar-refractivity contribution in [3.05, 3.63) is 40.9 Å². The van der Waals surface area contributed by atoms with Gasteiger partial charge in [0.25, 0.3) is 0 Å². The van der Waals surface area contributed by atoms with Crippen molar-refractivity contribution in [2.45, 2.75) is 25.6 Å². The zero-order valence-corrected chi connectivity index (χ0v) is 12.4. The predicted octanol–water partition coefficient (Wildman–Crippen LogP) is 2.48. The normalized spacial score (nSPS) is 36.7. The summed E-state index contributed by atoms with van der Waals surface area (Å²) in [5, 5.41) is 0.550. The van der Waals surface area contributed by atoms with Crippen molar-refractivity contribution in [2.75, 3.05) is 4.90 Å². The topological polar surface area (TPSA) is 46.6 Å². The summed E-state index contributed by atoms with van der Waals surface area (Å²) in [6.07, 6.45) is 3.50. The van der Waals surface area contributed by atoms with Crippen LogP contribution in [0.2, 0.25) is 5.02 Å². The van der Waals surface area contributed by atoms with Gasteiger partial charge in [-0.25, -0.2) is 4.90 Å². The Labute approximate surface area is 127 Å². The zero-order chi connectivity index (χ0) is 14.9. The molecule has 0 aliphatic carbocycles. The molecule has 0 radical (unpaired) electrons. The SMILES string of the molecule is Cc1ccc(N2C(=O)C3C4C=CC(C)(O4)C3C2=O)cc1Cl. The van der Waals surface area contributed by atoms with Gasteiger partial charge in [0.05, 0.1) is 29.2 Å². The summed E-state index contributed by atoms with van der Waals surface area (Å²) in [4.78, 5) is 26.7. The lowest BCUT2D eigenvalue weighted by Gasteiger charge is -2.24. The Kier molecular flexibility index (Phi) is 2.46. The molecule has 5 heteroatoms. The van der Waals surface area contributed by atoms with Crippen molar-refractivity contribution in [2.24, 2.45) is 11.8 Å². The third-order valence-electron chi connectivity index (χ3n) is 4.74. The molecule has 0 aromatic heterocycles. The van der Waals surface area contributed by atoms with Gasteiger partial charge in [-0.3, -0.25) is 9.59 Å². The van der Waals surface area contributed by atoms with Crippen LogP contribution in [0.15, 0.2) is 30.4 Å². The Bertz CT molecular complexity index is 713. The van der Waals surface area contributed by atoms with Crippen molar-refractivity contribution in [3.63, 3.8) is 0 Å². The highest BCUT2D eigenvalue weighted by Gasteiger charge is 2.66. The lowest BCUT2D eigenvalue weighted by molar-refractivity contribution is -0.126. The minimum Gasteiger partial charge on any atom is -0.362 e. The van der Waals surface area contributed by atoms with E-state index in [0.29, 0.717) is 10.7 Å². The standard InChI is InChI=1S/C16H14ClNO3/c1-8-3-4-9(7-10(8)17)18-14(19)12-11-5-6-16(2,21-11)13(12)15(18)20/h3-7,11-13H,1-2H3. The van der Waals surface area contributed by atoms with Gasteiger partial charge in [-0.2, -0.15) is 0 Å². The highest BCUT2D eigenvalue weighted by molar-refractivity contribution is 6.32. The average Bonchev–Trinajstić information content (AvgIpc) is 3.03. The molecule has 0 N–H and O–H groups in total. The number of carbonyl (C=O) groups excluding carboxylic acids is 2. The van der Waals surface area contributed by atoms with Crippen molar-refractivity contribution in [1.29, 1.82) is 0 Å². The number of nitrogens with zero attached hydrogens (tertiary/aromatic N) is 1. The van der Waals surface area contributed by atoms with Crippen molar-refractivity contribution in [1.82, 2.24) is 0 Å². The molecule has 1 aromatic rings. The Morgan fingerprint density at radius 1 is 1.29 bits per heavy atom. The maximum atomic E-state index is 12.7. The van der Waals surface area contributed by atoms with Crippen LogP contribution in [0.25, 0.3) is 0 Å². The monoisotopic (exact) mass is 303 g/mol. The predicted molar refractivity (Wildman–Crippen MR) is 78.1 cm³/mol. The summed E-state index contributed by atoms with van der Waals surface area (Å²) in [5.74, 6) is -1.23. The summed E-state index contributed by atoms with van der Waals surface area (Å²) >= 11 is 6.12. The smallest absolute Gasteiger partial charge is 0.241 e. The number of halogens is 1. The number of carbonyl (C=O) groups is 2. The van der Waals surface area contributed by atoms with Gasteiger partial charge in [0, 0.05) is 5.02 Å². The summed E-state index contributed by atoms with van der Waals surface area (Å²) in [6, 6.07) is 5.25. The second kappa shape index (κ2) is 3.96. The van der Waals surface area contributed by atoms with Gasteiger partial charge >= 0.3 is 0 Å². The molecule has 2 fully saturated rings. The molecule has 3 aliphatic heterocycles. The fourth-order valence-corrected chi connectivity index (χ4v) is 3.80. The van der Waals surface area contributed by atoms with Crippen molar-refractivity contribution in [3.8, 4) is 0 Å². The molecule has 0 spiro atoms. The molecule has 1 aromatic carbocycles. The number of benzene rings is 1. The van der Waals surface area contributed by atoms with E-state index in [1.54, 1.807) is 12.1 Å². The van der Waals surface area contributed by atoms with E-state index in [1.165, 1.54) is 4.90 Å². The molecular weight excluding hydrogens is 290 g/mol. The molecule has 0 saturated carbocycles. The average molecular weight is 304 g/mol. The van der Waals surface area contributed by atoms with Crippen LogP contribution >= 0.6 is 11.6 Å². The van der Waals surface area contributed by atoms with E-state index in [2.05, 4.69) is 0 Å². The second-order valence-corrected chi connectivity index (χ2v) is 6.48. The molecule has 21 heavy (non-hydrogen) atoms. The van der Waals surface area contributed by atoms with Crippen LogP contribution in [0, 0.1) is 18.8 Å². The highest BCUT2D eigenvalue weighted by Crippen LogP contribution is 2.52. The first-order valence-electron chi connectivity index (χ1n) is 6.93. The van der Waals surface area contributed by atoms with E-state index >= 15 is 0 Å². The van der Waals surface area contributed by atoms with Crippen LogP contribution < -0.4 is 4.90 Å². The van der Waals surface area contributed by atoms with Gasteiger partial charge in [-0.05, 0) is 31.5 Å². The molecule has 2 saturated heterocycles. The van der Waals surface area contributed by atoms with E-state index in [1.807, 2.05) is 32.1 Å². The molecule has 108 valence electrons. The summed E-state index contributed by atoms with van der Waals surface area (Å²) in [7, 11) is 0. The van der Waals surface area contributed by atoms with Gasteiger partial charge in [-0.1, -0.05) is 29.8 Å². The van der Waals surface area contributed by atoms with Crippen LogP contribution in [-0.2, 0) is 14.3 Å². The van der Waals surface area contributed by atoms with Gasteiger partial charge in [0.1, 0.15) is 0 Å². The third-order valence-corrected chi connectivity index (χ3v) is 5.15. The molecular formula is C16H14ClNO3. The Morgan fingerprint density at radius 3 is 2.71 bits per heavy atom. The minimum atomic E-state index is -0.661. The minimum absolute atomic E-state index is 0.192. The van der Waals surface area contributed by atoms with E-state index in [-0.39, 0.29) is 17.9 Å². The first kappa shape index (κ1) is 13.0. The number of hydrogen-bond acceptors (Lipinski definition) is 3. The van der Waals surface area contributed by atoms with Crippen LogP contribution in [0.4, 0.5) is 5.69 Å². The fourth-order valence-electron chi connectivity index (χ4n) is 3.63. The molecule has 3 heterocycles. The number of imide groups is 1. The summed E-state index contributed by atoms with van der Waals surface area (Å²) in [5.41, 5.74) is 0.792. The van der Waals surface area contributed by atoms with Crippen LogP contribution in [-0.4, -0.2) is 23.5 Å². The van der Waals surface area contributed by atoms with Crippen LogP contribution in [0.5, 0.6) is 0 Å². The number of hydrogen-bond donors (Lipinski definition) is 0. The van der Waals surface area contributed by atoms with E-state index in [0.717, 1.165) is 5.56 Å². The van der Waals surface area contributed by atoms with Crippen molar-refractivity contribution >= 4 is 29.1 Å². The van der Waals surface area contributed by atoms with Gasteiger partial charge < -0.3 is 4.74 Å². The molecule has 3 aliphatic rings. The molecule has 2 amide bonds.